The van der Waals surface area contributed by atoms with Gasteiger partial charge in [0.1, 0.15) is 0 Å². The van der Waals surface area contributed by atoms with Gasteiger partial charge in [0.2, 0.25) is 0 Å². The minimum atomic E-state index is 0.583. The van der Waals surface area contributed by atoms with Crippen molar-refractivity contribution >= 4 is 27.8 Å². The fourth-order valence-corrected chi connectivity index (χ4v) is 3.75. The Hall–Kier alpha value is -0.870. The first-order valence-electron chi connectivity index (χ1n) is 7.38. The number of anilines is 1. The number of benzene rings is 1. The molecule has 1 saturated heterocycles. The molecular weight excluding hydrogens is 316 g/mol. The lowest BCUT2D eigenvalue weighted by atomic mass is 9.99. The summed E-state index contributed by atoms with van der Waals surface area (Å²) in [6, 6.07) is 2.80. The van der Waals surface area contributed by atoms with Gasteiger partial charge in [0.05, 0.1) is 12.2 Å². The second-order valence-corrected chi connectivity index (χ2v) is 6.36. The van der Waals surface area contributed by atoms with Crippen molar-refractivity contribution in [3.05, 3.63) is 27.2 Å². The van der Waals surface area contributed by atoms with Gasteiger partial charge in [-0.2, -0.15) is 0 Å². The number of aliphatic imine (C=N–C) groups is 1. The van der Waals surface area contributed by atoms with E-state index in [1.807, 2.05) is 6.21 Å². The van der Waals surface area contributed by atoms with Gasteiger partial charge in [0, 0.05) is 42.1 Å². The molecule has 2 aliphatic rings. The first kappa shape index (κ1) is 14.1. The molecule has 0 unspecified atom stereocenters. The molecule has 4 heteroatoms. The molecule has 0 radical (unpaired) electrons. The smallest absolute Gasteiger partial charge is 0.0647 e. The summed E-state index contributed by atoms with van der Waals surface area (Å²) in [5.74, 6) is 0. The third-order valence-corrected chi connectivity index (χ3v) is 5.18. The summed E-state index contributed by atoms with van der Waals surface area (Å²) in [5.41, 5.74) is 5.34. The van der Waals surface area contributed by atoms with Crippen molar-refractivity contribution in [1.82, 2.24) is 0 Å². The molecule has 0 aromatic heterocycles. The highest BCUT2D eigenvalue weighted by molar-refractivity contribution is 9.10. The van der Waals surface area contributed by atoms with Crippen LogP contribution in [0.15, 0.2) is 15.5 Å². The fourth-order valence-electron chi connectivity index (χ4n) is 3.28. The summed E-state index contributed by atoms with van der Waals surface area (Å²) in [6.07, 6.45) is 4.28. The number of hydrogen-bond donors (Lipinski definition) is 0. The van der Waals surface area contributed by atoms with E-state index >= 15 is 0 Å². The number of rotatable bonds is 3. The minimum absolute atomic E-state index is 0.583. The zero-order valence-corrected chi connectivity index (χ0v) is 13.7. The van der Waals surface area contributed by atoms with E-state index < -0.39 is 0 Å². The van der Waals surface area contributed by atoms with E-state index in [0.717, 1.165) is 39.1 Å². The van der Waals surface area contributed by atoms with Crippen LogP contribution in [0.1, 0.15) is 36.5 Å². The van der Waals surface area contributed by atoms with Crippen molar-refractivity contribution in [3.8, 4) is 0 Å². The molecule has 0 spiro atoms. The van der Waals surface area contributed by atoms with Crippen LogP contribution in [0.2, 0.25) is 0 Å². The van der Waals surface area contributed by atoms with Crippen LogP contribution in [0.4, 0.5) is 5.69 Å². The van der Waals surface area contributed by atoms with Crippen LogP contribution in [0, 0.1) is 6.92 Å². The maximum absolute atomic E-state index is 5.51. The van der Waals surface area contributed by atoms with E-state index in [4.69, 9.17) is 4.74 Å². The summed E-state index contributed by atoms with van der Waals surface area (Å²) in [5, 5.41) is 0. The summed E-state index contributed by atoms with van der Waals surface area (Å²) >= 11 is 3.71. The molecular formula is C16H21BrN2O. The summed E-state index contributed by atoms with van der Waals surface area (Å²) in [6.45, 7) is 8.05. The second kappa shape index (κ2) is 5.86. The molecule has 0 amide bonds. The zero-order valence-electron chi connectivity index (χ0n) is 12.2. The van der Waals surface area contributed by atoms with Gasteiger partial charge in [-0.3, -0.25) is 4.99 Å². The summed E-state index contributed by atoms with van der Waals surface area (Å²) < 4.78 is 6.71. The van der Waals surface area contributed by atoms with Crippen LogP contribution < -0.4 is 4.90 Å². The SMILES string of the molecule is CCN(c1c(C)c(Br)cc2c1C=NC2)C1CCOCC1. The molecule has 108 valence electrons. The summed E-state index contributed by atoms with van der Waals surface area (Å²) in [7, 11) is 0. The Kier molecular flexibility index (Phi) is 4.13. The maximum Gasteiger partial charge on any atom is 0.0647 e. The molecule has 0 saturated carbocycles. The van der Waals surface area contributed by atoms with E-state index in [-0.39, 0.29) is 0 Å². The highest BCUT2D eigenvalue weighted by atomic mass is 79.9. The van der Waals surface area contributed by atoms with Crippen LogP contribution in [0.3, 0.4) is 0 Å². The third kappa shape index (κ3) is 2.40. The number of halogens is 1. The number of nitrogens with zero attached hydrogens (tertiary/aromatic N) is 2. The van der Waals surface area contributed by atoms with Crippen LogP contribution in [0.5, 0.6) is 0 Å². The van der Waals surface area contributed by atoms with Gasteiger partial charge in [-0.25, -0.2) is 0 Å². The van der Waals surface area contributed by atoms with E-state index in [1.165, 1.54) is 26.9 Å². The van der Waals surface area contributed by atoms with Gasteiger partial charge in [-0.05, 0) is 43.9 Å². The Labute approximate surface area is 129 Å². The van der Waals surface area contributed by atoms with Crippen molar-refractivity contribution in [2.75, 3.05) is 24.7 Å². The van der Waals surface area contributed by atoms with Gasteiger partial charge >= 0.3 is 0 Å². The molecule has 20 heavy (non-hydrogen) atoms. The number of fused-ring (bicyclic) bond motifs is 1. The average molecular weight is 337 g/mol. The van der Waals surface area contributed by atoms with Crippen molar-refractivity contribution in [3.63, 3.8) is 0 Å². The first-order chi connectivity index (χ1) is 9.72. The fraction of sp³-hybridized carbons (Fsp3) is 0.562. The first-order valence-corrected chi connectivity index (χ1v) is 8.17. The Morgan fingerprint density at radius 1 is 1.40 bits per heavy atom. The van der Waals surface area contributed by atoms with Gasteiger partial charge in [-0.1, -0.05) is 15.9 Å². The topological polar surface area (TPSA) is 24.8 Å². The van der Waals surface area contributed by atoms with Crippen molar-refractivity contribution < 1.29 is 4.74 Å². The number of hydrogen-bond acceptors (Lipinski definition) is 3. The Morgan fingerprint density at radius 3 is 2.85 bits per heavy atom. The predicted molar refractivity (Wildman–Crippen MR) is 87.0 cm³/mol. The second-order valence-electron chi connectivity index (χ2n) is 5.50. The molecule has 2 heterocycles. The molecule has 1 aromatic carbocycles. The third-order valence-electron chi connectivity index (χ3n) is 4.36. The zero-order chi connectivity index (χ0) is 14.1. The maximum atomic E-state index is 5.51. The van der Waals surface area contributed by atoms with Crippen LogP contribution in [-0.2, 0) is 11.3 Å². The highest BCUT2D eigenvalue weighted by Gasteiger charge is 2.26. The molecule has 0 bridgehead atoms. The monoisotopic (exact) mass is 336 g/mol. The molecule has 1 aromatic rings. The van der Waals surface area contributed by atoms with Gasteiger partial charge in [0.25, 0.3) is 0 Å². The molecule has 0 N–H and O–H groups in total. The molecule has 0 aliphatic carbocycles. The number of ether oxygens (including phenoxy) is 1. The van der Waals surface area contributed by atoms with Crippen LogP contribution >= 0.6 is 15.9 Å². The van der Waals surface area contributed by atoms with Crippen LogP contribution in [-0.4, -0.2) is 32.0 Å². The molecule has 2 aliphatic heterocycles. The van der Waals surface area contributed by atoms with Gasteiger partial charge in [0.15, 0.2) is 0 Å². The molecule has 0 atom stereocenters. The lowest BCUT2D eigenvalue weighted by Crippen LogP contribution is -2.40. The molecule has 3 nitrogen and oxygen atoms in total. The van der Waals surface area contributed by atoms with Gasteiger partial charge < -0.3 is 9.64 Å². The van der Waals surface area contributed by atoms with E-state index in [0.29, 0.717) is 6.04 Å². The minimum Gasteiger partial charge on any atom is -0.381 e. The summed E-state index contributed by atoms with van der Waals surface area (Å²) in [4.78, 5) is 7.01. The molecule has 1 fully saturated rings. The standard InChI is InChI=1S/C16H21BrN2O/c1-3-19(13-4-6-20-7-5-13)16-11(2)15(17)8-12-9-18-10-14(12)16/h8,10,13H,3-7,9H2,1-2H3. The lowest BCUT2D eigenvalue weighted by Gasteiger charge is -2.37. The Morgan fingerprint density at radius 2 is 2.15 bits per heavy atom. The normalized spacial score (nSPS) is 18.4. The van der Waals surface area contributed by atoms with Crippen molar-refractivity contribution in [2.45, 2.75) is 39.3 Å². The Bertz CT molecular complexity index is 536. The van der Waals surface area contributed by atoms with Crippen molar-refractivity contribution in [2.24, 2.45) is 4.99 Å². The largest absolute Gasteiger partial charge is 0.381 e. The lowest BCUT2D eigenvalue weighted by molar-refractivity contribution is 0.0846. The van der Waals surface area contributed by atoms with Crippen molar-refractivity contribution in [1.29, 1.82) is 0 Å². The van der Waals surface area contributed by atoms with E-state index in [2.05, 4.69) is 45.7 Å². The average Bonchev–Trinajstić information content (AvgIpc) is 2.92. The predicted octanol–water partition coefficient (Wildman–Crippen LogP) is 3.70. The Balaban J connectivity index is 2.04. The van der Waals surface area contributed by atoms with E-state index in [1.54, 1.807) is 0 Å². The molecule has 3 rings (SSSR count). The van der Waals surface area contributed by atoms with E-state index in [9.17, 15) is 0 Å². The quantitative estimate of drug-likeness (QED) is 0.840. The van der Waals surface area contributed by atoms with Crippen LogP contribution in [0.25, 0.3) is 0 Å². The highest BCUT2D eigenvalue weighted by Crippen LogP contribution is 2.37. The van der Waals surface area contributed by atoms with Gasteiger partial charge in [-0.15, -0.1) is 0 Å².